The third kappa shape index (κ3) is 3.37. The molecule has 0 bridgehead atoms. The minimum atomic E-state index is -0.842. The molecule has 2 aromatic heterocycles. The molecule has 0 saturated carbocycles. The number of tetrazole rings is 1. The van der Waals surface area contributed by atoms with E-state index in [-0.39, 0.29) is 24.5 Å². The third-order valence-electron chi connectivity index (χ3n) is 3.18. The number of hydrogen-bond donors (Lipinski definition) is 1. The Labute approximate surface area is 129 Å². The molecule has 0 fully saturated rings. The molecule has 0 amide bonds. The number of aromatic nitrogens is 4. The van der Waals surface area contributed by atoms with Crippen molar-refractivity contribution in [3.8, 4) is 0 Å². The summed E-state index contributed by atoms with van der Waals surface area (Å²) in [4.78, 5) is 23.6. The number of carbonyl (C=O) groups excluding carboxylic acids is 2. The van der Waals surface area contributed by atoms with Gasteiger partial charge in [0.05, 0.1) is 6.42 Å². The van der Waals surface area contributed by atoms with Crippen LogP contribution in [0.15, 0.2) is 40.8 Å². The highest BCUT2D eigenvalue weighted by atomic mass is 19.1. The molecular formula is C15H11FN4O3. The predicted molar refractivity (Wildman–Crippen MR) is 75.1 cm³/mol. The average molecular weight is 314 g/mol. The zero-order valence-electron chi connectivity index (χ0n) is 11.8. The molecule has 116 valence electrons. The Morgan fingerprint density at radius 1 is 1.13 bits per heavy atom. The lowest BCUT2D eigenvalue weighted by atomic mass is 10.1. The summed E-state index contributed by atoms with van der Waals surface area (Å²) in [5, 5.41) is 12.2. The smallest absolute Gasteiger partial charge is 0.269 e. The van der Waals surface area contributed by atoms with E-state index in [0.717, 1.165) is 0 Å². The van der Waals surface area contributed by atoms with Gasteiger partial charge in [0.2, 0.25) is 11.6 Å². The van der Waals surface area contributed by atoms with E-state index in [9.17, 15) is 14.0 Å². The summed E-state index contributed by atoms with van der Waals surface area (Å²) < 4.78 is 19.1. The maximum absolute atomic E-state index is 13.6. The number of carbonyl (C=O) groups is 2. The summed E-state index contributed by atoms with van der Waals surface area (Å²) in [6, 6.07) is 9.59. The van der Waals surface area contributed by atoms with Gasteiger partial charge in [-0.2, -0.15) is 5.21 Å². The van der Waals surface area contributed by atoms with Crippen LogP contribution in [-0.4, -0.2) is 32.2 Å². The van der Waals surface area contributed by atoms with Crippen LogP contribution in [0.2, 0.25) is 0 Å². The van der Waals surface area contributed by atoms with E-state index in [1.165, 1.54) is 6.07 Å². The maximum Gasteiger partial charge on any atom is 0.269 e. The molecule has 1 aromatic carbocycles. The molecule has 0 aliphatic rings. The molecule has 0 atom stereocenters. The number of Topliss-reactive ketones (excluding diaryl/α,β-unsaturated/α-hetero) is 2. The predicted octanol–water partition coefficient (Wildman–Crippen LogP) is 1.52. The van der Waals surface area contributed by atoms with Gasteiger partial charge in [-0.3, -0.25) is 9.59 Å². The van der Waals surface area contributed by atoms with E-state index < -0.39 is 11.6 Å². The Bertz CT molecular complexity index is 842. The highest BCUT2D eigenvalue weighted by Gasteiger charge is 2.22. The number of ketones is 2. The second-order valence-corrected chi connectivity index (χ2v) is 4.80. The summed E-state index contributed by atoms with van der Waals surface area (Å²) in [5.74, 6) is -1.34. The van der Waals surface area contributed by atoms with Crippen molar-refractivity contribution in [3.63, 3.8) is 0 Å². The maximum atomic E-state index is 13.6. The highest BCUT2D eigenvalue weighted by molar-refractivity contribution is 6.42. The zero-order valence-corrected chi connectivity index (χ0v) is 11.8. The van der Waals surface area contributed by atoms with Gasteiger partial charge >= 0.3 is 0 Å². The SMILES string of the molecule is O=C(Cc1ccc(Cc2ccccc2F)o1)C(=O)c1nn[nH]n1. The number of rotatable bonds is 6. The Hall–Kier alpha value is -3.16. The molecule has 0 aliphatic heterocycles. The van der Waals surface area contributed by atoms with Crippen LogP contribution in [-0.2, 0) is 17.6 Å². The number of hydrogen-bond acceptors (Lipinski definition) is 6. The van der Waals surface area contributed by atoms with Gasteiger partial charge < -0.3 is 4.42 Å². The lowest BCUT2D eigenvalue weighted by Crippen LogP contribution is -2.18. The van der Waals surface area contributed by atoms with Crippen molar-refractivity contribution in [3.05, 3.63) is 65.1 Å². The fraction of sp³-hybridized carbons (Fsp3) is 0.133. The Morgan fingerprint density at radius 2 is 1.91 bits per heavy atom. The molecule has 0 spiro atoms. The van der Waals surface area contributed by atoms with Gasteiger partial charge in [0.1, 0.15) is 17.3 Å². The van der Waals surface area contributed by atoms with Crippen LogP contribution in [0.25, 0.3) is 0 Å². The molecule has 3 rings (SSSR count). The molecule has 0 aliphatic carbocycles. The zero-order chi connectivity index (χ0) is 16.2. The molecule has 0 unspecified atom stereocenters. The summed E-state index contributed by atoms with van der Waals surface area (Å²) in [6.07, 6.45) is 0.0459. The van der Waals surface area contributed by atoms with Crippen LogP contribution in [0.5, 0.6) is 0 Å². The summed E-state index contributed by atoms with van der Waals surface area (Å²) in [6.45, 7) is 0. The Balaban J connectivity index is 1.67. The molecular weight excluding hydrogens is 303 g/mol. The van der Waals surface area contributed by atoms with Crippen molar-refractivity contribution in [2.24, 2.45) is 0 Å². The fourth-order valence-electron chi connectivity index (χ4n) is 2.06. The van der Waals surface area contributed by atoms with E-state index >= 15 is 0 Å². The van der Waals surface area contributed by atoms with Gasteiger partial charge in [0.25, 0.3) is 5.78 Å². The van der Waals surface area contributed by atoms with Crippen LogP contribution in [0.1, 0.15) is 27.7 Å². The summed E-state index contributed by atoms with van der Waals surface area (Å²) in [5.41, 5.74) is 0.489. The Morgan fingerprint density at radius 3 is 2.65 bits per heavy atom. The number of halogens is 1. The first-order valence-electron chi connectivity index (χ1n) is 6.75. The monoisotopic (exact) mass is 314 g/mol. The van der Waals surface area contributed by atoms with Gasteiger partial charge in [-0.1, -0.05) is 18.2 Å². The van der Waals surface area contributed by atoms with E-state index in [1.54, 1.807) is 30.3 Å². The van der Waals surface area contributed by atoms with Crippen LogP contribution in [0, 0.1) is 5.82 Å². The van der Waals surface area contributed by atoms with Crippen molar-refractivity contribution in [1.29, 1.82) is 0 Å². The first-order chi connectivity index (χ1) is 11.1. The van der Waals surface area contributed by atoms with Crippen molar-refractivity contribution in [2.45, 2.75) is 12.8 Å². The number of nitrogens with one attached hydrogen (secondary N) is 1. The number of aromatic amines is 1. The average Bonchev–Trinajstić information content (AvgIpc) is 3.21. The van der Waals surface area contributed by atoms with Gasteiger partial charge in [0, 0.05) is 6.42 Å². The van der Waals surface area contributed by atoms with Crippen LogP contribution < -0.4 is 0 Å². The Kier molecular flexibility index (Phi) is 4.05. The summed E-state index contributed by atoms with van der Waals surface area (Å²) >= 11 is 0. The first kappa shape index (κ1) is 14.8. The first-order valence-corrected chi connectivity index (χ1v) is 6.75. The number of nitrogens with zero attached hydrogens (tertiary/aromatic N) is 3. The molecule has 23 heavy (non-hydrogen) atoms. The van der Waals surface area contributed by atoms with E-state index in [4.69, 9.17) is 4.42 Å². The largest absolute Gasteiger partial charge is 0.465 e. The molecule has 0 saturated heterocycles. The quantitative estimate of drug-likeness (QED) is 0.546. The van der Waals surface area contributed by atoms with Crippen LogP contribution >= 0.6 is 0 Å². The number of furan rings is 1. The lowest BCUT2D eigenvalue weighted by Gasteiger charge is -2.00. The second-order valence-electron chi connectivity index (χ2n) is 4.80. The molecule has 2 heterocycles. The standard InChI is InChI=1S/C15H11FN4O3/c16-12-4-2-1-3-9(12)7-10-5-6-11(23-10)8-13(21)14(22)15-17-19-20-18-15/h1-6H,7-8H2,(H,17,18,19,20). The van der Waals surface area contributed by atoms with Crippen molar-refractivity contribution >= 4 is 11.6 Å². The molecule has 0 radical (unpaired) electrons. The van der Waals surface area contributed by atoms with Gasteiger partial charge in [-0.05, 0) is 29.0 Å². The van der Waals surface area contributed by atoms with E-state index in [2.05, 4.69) is 20.6 Å². The van der Waals surface area contributed by atoms with Crippen molar-refractivity contribution in [1.82, 2.24) is 20.6 Å². The van der Waals surface area contributed by atoms with Crippen molar-refractivity contribution in [2.75, 3.05) is 0 Å². The molecule has 8 heteroatoms. The van der Waals surface area contributed by atoms with Crippen LogP contribution in [0.4, 0.5) is 4.39 Å². The minimum absolute atomic E-state index is 0.218. The topological polar surface area (TPSA) is 102 Å². The lowest BCUT2D eigenvalue weighted by molar-refractivity contribution is -0.114. The number of H-pyrrole nitrogens is 1. The normalized spacial score (nSPS) is 10.7. The molecule has 1 N–H and O–H groups in total. The van der Waals surface area contributed by atoms with E-state index in [1.807, 2.05) is 0 Å². The van der Waals surface area contributed by atoms with Crippen molar-refractivity contribution < 1.29 is 18.4 Å². The summed E-state index contributed by atoms with van der Waals surface area (Å²) in [7, 11) is 0. The fourth-order valence-corrected chi connectivity index (χ4v) is 2.06. The molecule has 7 nitrogen and oxygen atoms in total. The van der Waals surface area contributed by atoms with Gasteiger partial charge in [0.15, 0.2) is 0 Å². The van der Waals surface area contributed by atoms with Crippen LogP contribution in [0.3, 0.4) is 0 Å². The van der Waals surface area contributed by atoms with E-state index in [0.29, 0.717) is 17.1 Å². The minimum Gasteiger partial charge on any atom is -0.465 e. The van der Waals surface area contributed by atoms with Gasteiger partial charge in [-0.15, -0.1) is 10.2 Å². The number of benzene rings is 1. The third-order valence-corrected chi connectivity index (χ3v) is 3.18. The second kappa shape index (κ2) is 6.30. The van der Waals surface area contributed by atoms with Gasteiger partial charge in [-0.25, -0.2) is 4.39 Å². The molecule has 3 aromatic rings. The highest BCUT2D eigenvalue weighted by Crippen LogP contribution is 2.16.